The van der Waals surface area contributed by atoms with Crippen molar-refractivity contribution >= 4 is 21.2 Å². The van der Waals surface area contributed by atoms with Gasteiger partial charge in [0, 0.05) is 37.8 Å². The lowest BCUT2D eigenvalue weighted by molar-refractivity contribution is 0.595. The molecule has 0 unspecified atom stereocenters. The van der Waals surface area contributed by atoms with E-state index >= 15 is 0 Å². The van der Waals surface area contributed by atoms with Crippen LogP contribution in [0.25, 0.3) is 0 Å². The van der Waals surface area contributed by atoms with Crippen LogP contribution in [0, 0.1) is 0 Å². The predicted octanol–water partition coefficient (Wildman–Crippen LogP) is 1.99. The van der Waals surface area contributed by atoms with Crippen LogP contribution in [-0.2, 0) is 9.84 Å². The van der Waals surface area contributed by atoms with Gasteiger partial charge in [-0.25, -0.2) is 8.42 Å². The Morgan fingerprint density at radius 2 is 2.00 bits per heavy atom. The Morgan fingerprint density at radius 3 is 2.61 bits per heavy atom. The maximum absolute atomic E-state index is 11.3. The van der Waals surface area contributed by atoms with Crippen molar-refractivity contribution in [3.8, 4) is 0 Å². The van der Waals surface area contributed by atoms with Gasteiger partial charge in [-0.1, -0.05) is 13.0 Å². The second-order valence-corrected chi connectivity index (χ2v) is 6.93. The summed E-state index contributed by atoms with van der Waals surface area (Å²) < 4.78 is 22.6. The fourth-order valence-electron chi connectivity index (χ4n) is 1.56. The van der Waals surface area contributed by atoms with E-state index in [1.54, 1.807) is 6.92 Å². The molecule has 0 radical (unpaired) electrons. The van der Waals surface area contributed by atoms with Gasteiger partial charge in [0.05, 0.1) is 5.75 Å². The number of benzene rings is 1. The lowest BCUT2D eigenvalue weighted by Gasteiger charge is -2.14. The largest absolute Gasteiger partial charge is 0.385 e. The van der Waals surface area contributed by atoms with E-state index in [1.165, 1.54) is 0 Å². The zero-order valence-electron chi connectivity index (χ0n) is 11.3. The zero-order valence-corrected chi connectivity index (χ0v) is 12.1. The van der Waals surface area contributed by atoms with Crippen molar-refractivity contribution in [2.24, 2.45) is 0 Å². The van der Waals surface area contributed by atoms with Gasteiger partial charge in [-0.2, -0.15) is 0 Å². The van der Waals surface area contributed by atoms with Crippen molar-refractivity contribution in [2.45, 2.75) is 13.3 Å². The van der Waals surface area contributed by atoms with Crippen LogP contribution in [0.2, 0.25) is 0 Å². The first kappa shape index (κ1) is 14.8. The van der Waals surface area contributed by atoms with E-state index in [2.05, 4.69) is 5.32 Å². The highest BCUT2D eigenvalue weighted by Crippen LogP contribution is 2.17. The average molecular weight is 270 g/mol. The van der Waals surface area contributed by atoms with E-state index in [4.69, 9.17) is 0 Å². The number of nitrogens with zero attached hydrogens (tertiary/aromatic N) is 1. The molecule has 1 aromatic rings. The molecule has 5 heteroatoms. The first-order valence-electron chi connectivity index (χ1n) is 6.16. The zero-order chi connectivity index (χ0) is 13.6. The van der Waals surface area contributed by atoms with Crippen LogP contribution in [0.3, 0.4) is 0 Å². The van der Waals surface area contributed by atoms with Gasteiger partial charge in [0.25, 0.3) is 0 Å². The van der Waals surface area contributed by atoms with Crippen molar-refractivity contribution < 1.29 is 8.42 Å². The summed E-state index contributed by atoms with van der Waals surface area (Å²) in [7, 11) is 1.14. The van der Waals surface area contributed by atoms with Gasteiger partial charge in [-0.3, -0.25) is 0 Å². The Bertz CT molecular complexity index is 470. The molecular weight excluding hydrogens is 248 g/mol. The minimum atomic E-state index is -2.84. The van der Waals surface area contributed by atoms with Crippen LogP contribution in [0.1, 0.15) is 13.3 Å². The monoisotopic (exact) mass is 270 g/mol. The van der Waals surface area contributed by atoms with Crippen molar-refractivity contribution in [1.82, 2.24) is 0 Å². The summed E-state index contributed by atoms with van der Waals surface area (Å²) in [5, 5.41) is 3.25. The first-order chi connectivity index (χ1) is 8.44. The third-order valence-electron chi connectivity index (χ3n) is 2.76. The van der Waals surface area contributed by atoms with Crippen LogP contribution < -0.4 is 10.2 Å². The predicted molar refractivity (Wildman–Crippen MR) is 78.2 cm³/mol. The molecule has 0 aliphatic carbocycles. The molecule has 0 aromatic heterocycles. The van der Waals surface area contributed by atoms with Crippen LogP contribution in [0.4, 0.5) is 11.4 Å². The molecule has 0 bridgehead atoms. The fraction of sp³-hybridized carbons (Fsp3) is 0.538. The summed E-state index contributed by atoms with van der Waals surface area (Å²) in [5.74, 6) is 0.479. The summed E-state index contributed by atoms with van der Waals surface area (Å²) in [5.41, 5.74) is 2.15. The van der Waals surface area contributed by atoms with Crippen molar-refractivity contribution in [2.75, 3.05) is 42.4 Å². The standard InChI is InChI=1S/C13H22N2O2S/c1-4-18(16,17)10-6-9-14-12-7-5-8-13(11-12)15(2)3/h5,7-8,11,14H,4,6,9-10H2,1-3H3. The fourth-order valence-corrected chi connectivity index (χ4v) is 2.44. The maximum atomic E-state index is 11.3. The van der Waals surface area contributed by atoms with Gasteiger partial charge in [0.15, 0.2) is 0 Å². The molecule has 4 nitrogen and oxygen atoms in total. The van der Waals surface area contributed by atoms with E-state index < -0.39 is 9.84 Å². The average Bonchev–Trinajstić information content (AvgIpc) is 2.35. The van der Waals surface area contributed by atoms with Crippen molar-refractivity contribution in [3.63, 3.8) is 0 Å². The highest BCUT2D eigenvalue weighted by Gasteiger charge is 2.06. The van der Waals surface area contributed by atoms with Gasteiger partial charge in [-0.05, 0) is 24.6 Å². The second-order valence-electron chi connectivity index (χ2n) is 4.46. The number of hydrogen-bond acceptors (Lipinski definition) is 4. The summed E-state index contributed by atoms with van der Waals surface area (Å²) in [6, 6.07) is 8.06. The number of anilines is 2. The van der Waals surface area contributed by atoms with Crippen molar-refractivity contribution in [3.05, 3.63) is 24.3 Å². The molecular formula is C13H22N2O2S. The summed E-state index contributed by atoms with van der Waals surface area (Å²) in [6.45, 7) is 2.36. The van der Waals surface area contributed by atoms with Crippen LogP contribution in [0.15, 0.2) is 24.3 Å². The quantitative estimate of drug-likeness (QED) is 0.770. The topological polar surface area (TPSA) is 49.4 Å². The van der Waals surface area contributed by atoms with E-state index in [1.807, 2.05) is 43.3 Å². The molecule has 0 spiro atoms. The van der Waals surface area contributed by atoms with E-state index in [9.17, 15) is 8.42 Å². The number of sulfone groups is 1. The van der Waals surface area contributed by atoms with Gasteiger partial charge in [0.1, 0.15) is 9.84 Å². The van der Waals surface area contributed by atoms with Crippen molar-refractivity contribution in [1.29, 1.82) is 0 Å². The normalized spacial score (nSPS) is 11.3. The highest BCUT2D eigenvalue weighted by molar-refractivity contribution is 7.91. The van der Waals surface area contributed by atoms with Gasteiger partial charge < -0.3 is 10.2 Å². The van der Waals surface area contributed by atoms with Gasteiger partial charge in [0.2, 0.25) is 0 Å². The molecule has 0 amide bonds. The molecule has 0 atom stereocenters. The third-order valence-corrected chi connectivity index (χ3v) is 4.55. The van der Waals surface area contributed by atoms with Crippen LogP contribution in [-0.4, -0.2) is 40.6 Å². The molecule has 0 aliphatic rings. The molecule has 18 heavy (non-hydrogen) atoms. The molecule has 102 valence electrons. The Hall–Kier alpha value is -1.23. The number of rotatable bonds is 7. The van der Waals surface area contributed by atoms with Crippen LogP contribution in [0.5, 0.6) is 0 Å². The second kappa shape index (κ2) is 6.64. The van der Waals surface area contributed by atoms with Crippen LogP contribution >= 0.6 is 0 Å². The molecule has 0 fully saturated rings. The molecule has 1 aromatic carbocycles. The summed E-state index contributed by atoms with van der Waals surface area (Å²) in [4.78, 5) is 2.03. The molecule has 0 saturated carbocycles. The molecule has 0 saturated heterocycles. The molecule has 1 N–H and O–H groups in total. The number of hydrogen-bond donors (Lipinski definition) is 1. The van der Waals surface area contributed by atoms with E-state index in [0.29, 0.717) is 13.0 Å². The summed E-state index contributed by atoms with van der Waals surface area (Å²) >= 11 is 0. The Labute approximate surface area is 110 Å². The Kier molecular flexibility index (Phi) is 5.47. The smallest absolute Gasteiger partial charge is 0.150 e. The first-order valence-corrected chi connectivity index (χ1v) is 7.98. The lowest BCUT2D eigenvalue weighted by atomic mass is 10.2. The molecule has 0 aliphatic heterocycles. The molecule has 1 rings (SSSR count). The SMILES string of the molecule is CCS(=O)(=O)CCCNc1cccc(N(C)C)c1. The Balaban J connectivity index is 2.42. The van der Waals surface area contributed by atoms with Gasteiger partial charge in [-0.15, -0.1) is 0 Å². The summed E-state index contributed by atoms with van der Waals surface area (Å²) in [6.07, 6.45) is 0.641. The third kappa shape index (κ3) is 4.96. The lowest BCUT2D eigenvalue weighted by Crippen LogP contribution is -2.13. The maximum Gasteiger partial charge on any atom is 0.150 e. The highest BCUT2D eigenvalue weighted by atomic mass is 32.2. The number of nitrogens with one attached hydrogen (secondary N) is 1. The minimum Gasteiger partial charge on any atom is -0.385 e. The minimum absolute atomic E-state index is 0.225. The van der Waals surface area contributed by atoms with Gasteiger partial charge >= 0.3 is 0 Å². The van der Waals surface area contributed by atoms with E-state index in [-0.39, 0.29) is 11.5 Å². The van der Waals surface area contributed by atoms with E-state index in [0.717, 1.165) is 11.4 Å². The Morgan fingerprint density at radius 1 is 1.28 bits per heavy atom. The molecule has 0 heterocycles.